The molecule has 9 nitrogen and oxygen atoms in total. The van der Waals surface area contributed by atoms with Crippen LogP contribution in [0.3, 0.4) is 0 Å². The molecule has 1 atom stereocenters. The van der Waals surface area contributed by atoms with Crippen molar-refractivity contribution in [3.63, 3.8) is 0 Å². The van der Waals surface area contributed by atoms with Gasteiger partial charge in [0.05, 0.1) is 24.5 Å². The van der Waals surface area contributed by atoms with Crippen LogP contribution in [0.4, 0.5) is 13.2 Å². The number of hydrogen-bond acceptors (Lipinski definition) is 5. The van der Waals surface area contributed by atoms with Crippen LogP contribution in [0.2, 0.25) is 0 Å². The molecule has 34 heavy (non-hydrogen) atoms. The number of amides is 1. The molecule has 0 aromatic carbocycles. The summed E-state index contributed by atoms with van der Waals surface area (Å²) in [6, 6.07) is 3.14. The van der Waals surface area contributed by atoms with Gasteiger partial charge < -0.3 is 14.0 Å². The van der Waals surface area contributed by atoms with Crippen LogP contribution >= 0.6 is 0 Å². The molecular formula is C22H22F3N7O2. The van der Waals surface area contributed by atoms with Crippen molar-refractivity contribution in [1.29, 1.82) is 0 Å². The molecule has 0 spiro atoms. The SMILES string of the molecule is CC1=CCn2c(ccc(-n3cnc(C)c3)c2=O)C(=O)N1Cc1nnc2n1CC(C(F)(F)F)CC2. The lowest BCUT2D eigenvalue weighted by molar-refractivity contribution is -0.182. The molecule has 5 heterocycles. The van der Waals surface area contributed by atoms with E-state index in [1.54, 1.807) is 35.9 Å². The van der Waals surface area contributed by atoms with Crippen molar-refractivity contribution in [3.05, 3.63) is 69.8 Å². The van der Waals surface area contributed by atoms with Gasteiger partial charge in [-0.15, -0.1) is 10.2 Å². The summed E-state index contributed by atoms with van der Waals surface area (Å²) in [6.45, 7) is 3.40. The van der Waals surface area contributed by atoms with Crippen LogP contribution in [0, 0.1) is 12.8 Å². The first-order chi connectivity index (χ1) is 16.1. The molecule has 0 bridgehead atoms. The summed E-state index contributed by atoms with van der Waals surface area (Å²) in [7, 11) is 0. The third kappa shape index (κ3) is 3.72. The highest BCUT2D eigenvalue weighted by Crippen LogP contribution is 2.34. The van der Waals surface area contributed by atoms with Gasteiger partial charge in [-0.1, -0.05) is 0 Å². The Kier molecular flexibility index (Phi) is 5.18. The predicted octanol–water partition coefficient (Wildman–Crippen LogP) is 2.62. The number of carbonyl (C=O) groups excluding carboxylic acids is 1. The molecule has 0 saturated carbocycles. The van der Waals surface area contributed by atoms with Crippen molar-refractivity contribution in [3.8, 4) is 5.69 Å². The lowest BCUT2D eigenvalue weighted by atomic mass is 9.99. The van der Waals surface area contributed by atoms with Gasteiger partial charge >= 0.3 is 6.18 Å². The van der Waals surface area contributed by atoms with Gasteiger partial charge in [-0.2, -0.15) is 13.2 Å². The van der Waals surface area contributed by atoms with Crippen molar-refractivity contribution >= 4 is 5.91 Å². The third-order valence-electron chi connectivity index (χ3n) is 6.39. The number of aromatic nitrogens is 6. The van der Waals surface area contributed by atoms with E-state index in [2.05, 4.69) is 15.2 Å². The van der Waals surface area contributed by atoms with Gasteiger partial charge in [0, 0.05) is 31.4 Å². The Morgan fingerprint density at radius 2 is 1.91 bits per heavy atom. The number of rotatable bonds is 3. The van der Waals surface area contributed by atoms with Crippen LogP contribution in [0.25, 0.3) is 5.69 Å². The number of allylic oxidation sites excluding steroid dienone is 2. The van der Waals surface area contributed by atoms with Crippen LogP contribution in [-0.2, 0) is 26.1 Å². The molecule has 5 rings (SSSR count). The fourth-order valence-electron chi connectivity index (χ4n) is 4.42. The lowest BCUT2D eigenvalue weighted by Crippen LogP contribution is -2.36. The van der Waals surface area contributed by atoms with Crippen molar-refractivity contribution in [2.24, 2.45) is 5.92 Å². The van der Waals surface area contributed by atoms with Crippen molar-refractivity contribution in [1.82, 2.24) is 33.8 Å². The summed E-state index contributed by atoms with van der Waals surface area (Å²) in [4.78, 5) is 32.2. The Hall–Kier alpha value is -3.70. The minimum absolute atomic E-state index is 0.0295. The molecule has 2 aliphatic rings. The molecule has 1 unspecified atom stereocenters. The zero-order valence-corrected chi connectivity index (χ0v) is 18.6. The Bertz CT molecular complexity index is 1370. The number of carbonyl (C=O) groups is 1. The molecule has 0 saturated heterocycles. The quantitative estimate of drug-likeness (QED) is 0.583. The summed E-state index contributed by atoms with van der Waals surface area (Å²) in [5.74, 6) is -1.14. The van der Waals surface area contributed by atoms with E-state index in [1.165, 1.54) is 20.4 Å². The third-order valence-corrected chi connectivity index (χ3v) is 6.39. The van der Waals surface area contributed by atoms with E-state index in [9.17, 15) is 22.8 Å². The second-order valence-electron chi connectivity index (χ2n) is 8.60. The Labute approximate surface area is 192 Å². The van der Waals surface area contributed by atoms with Crippen LogP contribution in [0.15, 0.2) is 41.2 Å². The fourth-order valence-corrected chi connectivity index (χ4v) is 4.42. The van der Waals surface area contributed by atoms with Gasteiger partial charge in [-0.3, -0.25) is 14.2 Å². The van der Waals surface area contributed by atoms with E-state index in [1.807, 2.05) is 6.92 Å². The van der Waals surface area contributed by atoms with Gasteiger partial charge in [0.25, 0.3) is 11.5 Å². The molecule has 0 radical (unpaired) electrons. The standard InChI is InChI=1S/C22H22F3N7O2/c1-13-9-29(12-26-13)16-4-5-17-21(34)31(14(2)7-8-30(17)20(16)33)11-19-28-27-18-6-3-15(10-32(18)19)22(23,24)25/h4-5,7,9,12,15H,3,6,8,10-11H2,1-2H3. The maximum atomic E-state index is 13.4. The molecule has 2 aliphatic heterocycles. The number of alkyl halides is 3. The molecule has 3 aromatic heterocycles. The van der Waals surface area contributed by atoms with E-state index < -0.39 is 18.0 Å². The van der Waals surface area contributed by atoms with E-state index in [-0.39, 0.29) is 49.6 Å². The number of pyridine rings is 1. The second-order valence-corrected chi connectivity index (χ2v) is 8.60. The maximum Gasteiger partial charge on any atom is 0.393 e. The fraction of sp³-hybridized carbons (Fsp3) is 0.409. The average molecular weight is 473 g/mol. The molecule has 12 heteroatoms. The minimum atomic E-state index is -4.31. The van der Waals surface area contributed by atoms with E-state index in [0.29, 0.717) is 17.2 Å². The lowest BCUT2D eigenvalue weighted by Gasteiger charge is -2.27. The Morgan fingerprint density at radius 1 is 1.12 bits per heavy atom. The minimum Gasteiger partial charge on any atom is -0.313 e. The van der Waals surface area contributed by atoms with Crippen molar-refractivity contribution < 1.29 is 18.0 Å². The summed E-state index contributed by atoms with van der Waals surface area (Å²) in [5, 5.41) is 8.13. The van der Waals surface area contributed by atoms with Crippen LogP contribution in [-0.4, -0.2) is 45.9 Å². The molecule has 3 aromatic rings. The summed E-state index contributed by atoms with van der Waals surface area (Å²) in [5.41, 5.74) is 1.53. The Balaban J connectivity index is 1.47. The van der Waals surface area contributed by atoms with Gasteiger partial charge in [-0.25, -0.2) is 4.98 Å². The highest BCUT2D eigenvalue weighted by Gasteiger charge is 2.42. The molecule has 0 aliphatic carbocycles. The van der Waals surface area contributed by atoms with Crippen molar-refractivity contribution in [2.75, 3.05) is 0 Å². The summed E-state index contributed by atoms with van der Waals surface area (Å²) >= 11 is 0. The zero-order valence-electron chi connectivity index (χ0n) is 18.6. The number of imidazole rings is 1. The highest BCUT2D eigenvalue weighted by atomic mass is 19.4. The first kappa shape index (κ1) is 22.1. The molecule has 0 fully saturated rings. The largest absolute Gasteiger partial charge is 0.393 e. The monoisotopic (exact) mass is 473 g/mol. The Morgan fingerprint density at radius 3 is 2.62 bits per heavy atom. The van der Waals surface area contributed by atoms with E-state index in [4.69, 9.17) is 0 Å². The number of hydrogen-bond donors (Lipinski definition) is 0. The van der Waals surface area contributed by atoms with Crippen LogP contribution in [0.5, 0.6) is 0 Å². The van der Waals surface area contributed by atoms with Crippen molar-refractivity contribution in [2.45, 2.75) is 52.5 Å². The number of aryl methyl sites for hydroxylation is 2. The topological polar surface area (TPSA) is 90.8 Å². The smallest absolute Gasteiger partial charge is 0.313 e. The van der Waals surface area contributed by atoms with E-state index >= 15 is 0 Å². The first-order valence-electron chi connectivity index (χ1n) is 10.8. The predicted molar refractivity (Wildman–Crippen MR) is 114 cm³/mol. The molecule has 0 N–H and O–H groups in total. The van der Waals surface area contributed by atoms with Gasteiger partial charge in [0.2, 0.25) is 0 Å². The van der Waals surface area contributed by atoms with Crippen LogP contribution < -0.4 is 5.56 Å². The molecule has 1 amide bonds. The first-order valence-corrected chi connectivity index (χ1v) is 10.8. The number of nitrogens with zero attached hydrogens (tertiary/aromatic N) is 7. The maximum absolute atomic E-state index is 13.4. The molecule has 178 valence electrons. The summed E-state index contributed by atoms with van der Waals surface area (Å²) < 4.78 is 44.4. The molecular weight excluding hydrogens is 451 g/mol. The zero-order chi connectivity index (χ0) is 24.2. The van der Waals surface area contributed by atoms with Gasteiger partial charge in [0.15, 0.2) is 5.82 Å². The van der Waals surface area contributed by atoms with Gasteiger partial charge in [0.1, 0.15) is 17.2 Å². The number of halogens is 3. The summed E-state index contributed by atoms with van der Waals surface area (Å²) in [6.07, 6.45) is 0.836. The number of fused-ring (bicyclic) bond motifs is 2. The normalized spacial score (nSPS) is 18.4. The second kappa shape index (κ2) is 7.96. The average Bonchev–Trinajstić information content (AvgIpc) is 3.37. The van der Waals surface area contributed by atoms with Crippen LogP contribution in [0.1, 0.15) is 41.2 Å². The highest BCUT2D eigenvalue weighted by molar-refractivity contribution is 5.94. The van der Waals surface area contributed by atoms with E-state index in [0.717, 1.165) is 5.69 Å². The van der Waals surface area contributed by atoms with Gasteiger partial charge in [-0.05, 0) is 38.5 Å².